The van der Waals surface area contributed by atoms with E-state index >= 15 is 0 Å². The Hall–Kier alpha value is -2.84. The number of amides is 1. The van der Waals surface area contributed by atoms with Crippen molar-refractivity contribution >= 4 is 28.6 Å². The summed E-state index contributed by atoms with van der Waals surface area (Å²) in [5.41, 5.74) is 1.49. The molecular weight excluding hydrogens is 414 g/mol. The minimum Gasteiger partial charge on any atom is -0.497 e. The number of ether oxygens (including phenoxy) is 2. The van der Waals surface area contributed by atoms with Crippen molar-refractivity contribution in [2.75, 3.05) is 26.1 Å². The number of hydrogen-bond donors (Lipinski definition) is 1. The van der Waals surface area contributed by atoms with Crippen LogP contribution < -0.4 is 15.6 Å². The molecule has 0 unspecified atom stereocenters. The maximum atomic E-state index is 13.0. The Morgan fingerprint density at radius 2 is 2.03 bits per heavy atom. The average Bonchev–Trinajstić information content (AvgIpc) is 2.80. The van der Waals surface area contributed by atoms with E-state index < -0.39 is 0 Å². The van der Waals surface area contributed by atoms with Crippen LogP contribution in [0.1, 0.15) is 18.9 Å². The van der Waals surface area contributed by atoms with E-state index in [1.165, 1.54) is 11.8 Å². The first-order valence-electron chi connectivity index (χ1n) is 10.2. The largest absolute Gasteiger partial charge is 0.497 e. The van der Waals surface area contributed by atoms with Gasteiger partial charge in [-0.25, -0.2) is 4.98 Å². The van der Waals surface area contributed by atoms with Crippen molar-refractivity contribution < 1.29 is 14.3 Å². The van der Waals surface area contributed by atoms with Gasteiger partial charge in [-0.15, -0.1) is 0 Å². The molecule has 0 aliphatic carbocycles. The van der Waals surface area contributed by atoms with Gasteiger partial charge in [0.05, 0.1) is 23.8 Å². The van der Waals surface area contributed by atoms with Crippen molar-refractivity contribution in [1.29, 1.82) is 0 Å². The lowest BCUT2D eigenvalue weighted by molar-refractivity contribution is -0.118. The van der Waals surface area contributed by atoms with Crippen LogP contribution in [0.3, 0.4) is 0 Å². The van der Waals surface area contributed by atoms with Gasteiger partial charge >= 0.3 is 0 Å². The van der Waals surface area contributed by atoms with Crippen molar-refractivity contribution in [1.82, 2.24) is 14.9 Å². The third-order valence-corrected chi connectivity index (χ3v) is 5.63. The van der Waals surface area contributed by atoms with Gasteiger partial charge in [0.15, 0.2) is 5.16 Å². The summed E-state index contributed by atoms with van der Waals surface area (Å²) in [7, 11) is 1.61. The summed E-state index contributed by atoms with van der Waals surface area (Å²) in [6.45, 7) is 4.04. The molecular formula is C23H27N3O4S. The van der Waals surface area contributed by atoms with Crippen molar-refractivity contribution in [2.45, 2.75) is 31.6 Å². The van der Waals surface area contributed by atoms with E-state index in [0.717, 1.165) is 11.3 Å². The van der Waals surface area contributed by atoms with Crippen LogP contribution in [-0.2, 0) is 22.6 Å². The average molecular weight is 442 g/mol. The Kier molecular flexibility index (Phi) is 8.49. The van der Waals surface area contributed by atoms with Crippen LogP contribution in [0.15, 0.2) is 58.5 Å². The van der Waals surface area contributed by atoms with Crippen LogP contribution in [0.5, 0.6) is 5.75 Å². The predicted octanol–water partition coefficient (Wildman–Crippen LogP) is 3.24. The van der Waals surface area contributed by atoms with Gasteiger partial charge in [0, 0.05) is 26.3 Å². The van der Waals surface area contributed by atoms with Gasteiger partial charge in [0.25, 0.3) is 5.56 Å². The molecule has 0 spiro atoms. The first-order chi connectivity index (χ1) is 15.1. The number of nitrogens with zero attached hydrogens (tertiary/aromatic N) is 2. The van der Waals surface area contributed by atoms with Crippen molar-refractivity contribution in [3.63, 3.8) is 0 Å². The number of carbonyl (C=O) groups is 1. The number of carbonyl (C=O) groups excluding carboxylic acids is 1. The lowest BCUT2D eigenvalue weighted by Crippen LogP contribution is -2.27. The summed E-state index contributed by atoms with van der Waals surface area (Å²) in [4.78, 5) is 30.0. The summed E-state index contributed by atoms with van der Waals surface area (Å²) < 4.78 is 12.2. The van der Waals surface area contributed by atoms with E-state index in [1.807, 2.05) is 49.4 Å². The fourth-order valence-electron chi connectivity index (χ4n) is 3.09. The van der Waals surface area contributed by atoms with Crippen molar-refractivity contribution in [2.24, 2.45) is 0 Å². The Balaban J connectivity index is 1.68. The zero-order valence-corrected chi connectivity index (χ0v) is 18.6. The Morgan fingerprint density at radius 1 is 1.19 bits per heavy atom. The molecule has 0 aliphatic heterocycles. The van der Waals surface area contributed by atoms with Gasteiger partial charge in [-0.1, -0.05) is 36.0 Å². The number of methoxy groups -OCH3 is 1. The van der Waals surface area contributed by atoms with E-state index in [4.69, 9.17) is 9.47 Å². The molecule has 1 heterocycles. The Labute approximate surface area is 185 Å². The van der Waals surface area contributed by atoms with Crippen LogP contribution in [-0.4, -0.2) is 41.5 Å². The van der Waals surface area contributed by atoms with E-state index in [-0.39, 0.29) is 17.2 Å². The minimum absolute atomic E-state index is 0.0959. The summed E-state index contributed by atoms with van der Waals surface area (Å²) in [6.07, 6.45) is 0.698. The monoisotopic (exact) mass is 441 g/mol. The van der Waals surface area contributed by atoms with E-state index in [1.54, 1.807) is 17.7 Å². The Morgan fingerprint density at radius 3 is 2.84 bits per heavy atom. The maximum Gasteiger partial charge on any atom is 0.262 e. The number of benzene rings is 2. The molecule has 0 saturated carbocycles. The highest BCUT2D eigenvalue weighted by atomic mass is 32.2. The van der Waals surface area contributed by atoms with Crippen LogP contribution in [0.25, 0.3) is 10.9 Å². The van der Waals surface area contributed by atoms with Crippen molar-refractivity contribution in [3.05, 3.63) is 64.4 Å². The fraction of sp³-hybridized carbons (Fsp3) is 0.348. The van der Waals surface area contributed by atoms with Gasteiger partial charge in [0.1, 0.15) is 5.75 Å². The number of para-hydroxylation sites is 1. The topological polar surface area (TPSA) is 82.4 Å². The second-order valence-corrected chi connectivity index (χ2v) is 7.78. The fourth-order valence-corrected chi connectivity index (χ4v) is 3.94. The standard InChI is InChI=1S/C23H27N3O4S/c1-3-30-13-7-12-26-22(28)19-10-4-5-11-20(19)25-23(26)31-16-21(27)24-15-17-8-6-9-18(14-17)29-2/h4-6,8-11,14H,3,7,12-13,15-16H2,1-2H3,(H,24,27). The molecule has 0 aliphatic rings. The molecule has 0 radical (unpaired) electrons. The molecule has 1 N–H and O–H groups in total. The van der Waals surface area contributed by atoms with Crippen LogP contribution in [0.2, 0.25) is 0 Å². The molecule has 3 rings (SSSR count). The zero-order chi connectivity index (χ0) is 22.1. The number of rotatable bonds is 11. The SMILES string of the molecule is CCOCCCn1c(SCC(=O)NCc2cccc(OC)c2)nc2ccccc2c1=O. The van der Waals surface area contributed by atoms with Crippen molar-refractivity contribution in [3.8, 4) is 5.75 Å². The molecule has 0 atom stereocenters. The number of fused-ring (bicyclic) bond motifs is 1. The molecule has 31 heavy (non-hydrogen) atoms. The molecule has 0 bridgehead atoms. The van der Waals surface area contributed by atoms with Gasteiger partial charge in [-0.2, -0.15) is 0 Å². The molecule has 0 fully saturated rings. The van der Waals surface area contributed by atoms with E-state index in [9.17, 15) is 9.59 Å². The molecule has 3 aromatic rings. The van der Waals surface area contributed by atoms with E-state index in [2.05, 4.69) is 10.3 Å². The van der Waals surface area contributed by atoms with Crippen LogP contribution in [0, 0.1) is 0 Å². The highest BCUT2D eigenvalue weighted by Gasteiger charge is 2.13. The number of hydrogen-bond acceptors (Lipinski definition) is 6. The predicted molar refractivity (Wildman–Crippen MR) is 123 cm³/mol. The molecule has 1 amide bonds. The van der Waals surface area contributed by atoms with Crippen LogP contribution in [0.4, 0.5) is 0 Å². The summed E-state index contributed by atoms with van der Waals surface area (Å²) >= 11 is 1.27. The second-order valence-electron chi connectivity index (χ2n) is 6.84. The number of aromatic nitrogens is 2. The van der Waals surface area contributed by atoms with Gasteiger partial charge in [-0.3, -0.25) is 14.2 Å². The maximum absolute atomic E-state index is 13.0. The van der Waals surface area contributed by atoms with Gasteiger partial charge < -0.3 is 14.8 Å². The first kappa shape index (κ1) is 22.8. The third kappa shape index (κ3) is 6.32. The third-order valence-electron chi connectivity index (χ3n) is 4.66. The normalized spacial score (nSPS) is 10.9. The quantitative estimate of drug-likeness (QED) is 0.279. The lowest BCUT2D eigenvalue weighted by Gasteiger charge is -2.13. The molecule has 0 saturated heterocycles. The summed E-state index contributed by atoms with van der Waals surface area (Å²) in [6, 6.07) is 14.8. The minimum atomic E-state index is -0.129. The summed E-state index contributed by atoms with van der Waals surface area (Å²) in [5, 5.41) is 4.01. The molecule has 1 aromatic heterocycles. The lowest BCUT2D eigenvalue weighted by atomic mass is 10.2. The highest BCUT2D eigenvalue weighted by Crippen LogP contribution is 2.18. The second kappa shape index (κ2) is 11.5. The Bertz CT molecular complexity index is 1080. The highest BCUT2D eigenvalue weighted by molar-refractivity contribution is 7.99. The van der Waals surface area contributed by atoms with Gasteiger partial charge in [0.2, 0.25) is 5.91 Å². The molecule has 2 aromatic carbocycles. The molecule has 7 nitrogen and oxygen atoms in total. The number of nitrogens with one attached hydrogen (secondary N) is 1. The van der Waals surface area contributed by atoms with Gasteiger partial charge in [-0.05, 0) is 43.2 Å². The number of thioether (sulfide) groups is 1. The molecule has 164 valence electrons. The molecule has 8 heteroatoms. The van der Waals surface area contributed by atoms with Crippen LogP contribution >= 0.6 is 11.8 Å². The first-order valence-corrected chi connectivity index (χ1v) is 11.2. The smallest absolute Gasteiger partial charge is 0.262 e. The van der Waals surface area contributed by atoms with E-state index in [0.29, 0.717) is 48.8 Å². The zero-order valence-electron chi connectivity index (χ0n) is 17.8. The summed E-state index contributed by atoms with van der Waals surface area (Å²) in [5.74, 6) is 0.786.